The van der Waals surface area contributed by atoms with Gasteiger partial charge in [-0.05, 0) is 18.4 Å². The van der Waals surface area contributed by atoms with Crippen LogP contribution in [-0.4, -0.2) is 37.5 Å². The number of amides is 1. The van der Waals surface area contributed by atoms with Gasteiger partial charge in [-0.2, -0.15) is 0 Å². The number of carbonyl (C=O) groups is 1. The van der Waals surface area contributed by atoms with E-state index in [1.54, 1.807) is 0 Å². The minimum atomic E-state index is -3.35. The summed E-state index contributed by atoms with van der Waals surface area (Å²) < 4.78 is 26.0. The Hall–Kier alpha value is -1.40. The normalized spacial score (nSPS) is 11.6. The topological polar surface area (TPSA) is 66.5 Å². The maximum Gasteiger partial charge on any atom is 0.221 e. The van der Waals surface area contributed by atoms with Crippen molar-refractivity contribution in [2.45, 2.75) is 39.7 Å². The standard InChI is InChI=1S/C16H26N2O3S/c1-3-11-18(12-4-2)22(20,21)13-10-16(19)17-14-15-8-6-5-7-9-15/h5-9H,3-4,10-14H2,1-2H3,(H,17,19). The van der Waals surface area contributed by atoms with Crippen molar-refractivity contribution >= 4 is 15.9 Å². The van der Waals surface area contributed by atoms with Crippen LogP contribution in [0.15, 0.2) is 30.3 Å². The van der Waals surface area contributed by atoms with Crippen molar-refractivity contribution in [2.75, 3.05) is 18.8 Å². The zero-order valence-corrected chi connectivity index (χ0v) is 14.2. The van der Waals surface area contributed by atoms with Crippen LogP contribution in [0, 0.1) is 0 Å². The van der Waals surface area contributed by atoms with Crippen molar-refractivity contribution in [1.29, 1.82) is 0 Å². The summed E-state index contributed by atoms with van der Waals surface area (Å²) >= 11 is 0. The Labute approximate surface area is 133 Å². The molecule has 0 saturated heterocycles. The van der Waals surface area contributed by atoms with Crippen LogP contribution in [0.4, 0.5) is 0 Å². The average Bonchev–Trinajstić information content (AvgIpc) is 2.52. The minimum Gasteiger partial charge on any atom is -0.352 e. The zero-order valence-electron chi connectivity index (χ0n) is 13.4. The Morgan fingerprint density at radius 1 is 1.09 bits per heavy atom. The second-order valence-electron chi connectivity index (χ2n) is 5.23. The molecule has 1 rings (SSSR count). The first-order valence-electron chi connectivity index (χ1n) is 7.78. The summed E-state index contributed by atoms with van der Waals surface area (Å²) in [7, 11) is -3.35. The van der Waals surface area contributed by atoms with Gasteiger partial charge in [0.25, 0.3) is 0 Å². The maximum absolute atomic E-state index is 12.2. The highest BCUT2D eigenvalue weighted by Crippen LogP contribution is 2.06. The molecule has 1 aromatic carbocycles. The van der Waals surface area contributed by atoms with Crippen LogP contribution in [0.25, 0.3) is 0 Å². The predicted octanol–water partition coefficient (Wildman–Crippen LogP) is 2.14. The molecule has 1 aromatic rings. The third-order valence-corrected chi connectivity index (χ3v) is 5.13. The summed E-state index contributed by atoms with van der Waals surface area (Å²) in [6, 6.07) is 9.55. The summed E-state index contributed by atoms with van der Waals surface area (Å²) in [6.07, 6.45) is 1.55. The maximum atomic E-state index is 12.2. The Morgan fingerprint density at radius 3 is 2.23 bits per heavy atom. The van der Waals surface area contributed by atoms with E-state index in [9.17, 15) is 13.2 Å². The smallest absolute Gasteiger partial charge is 0.221 e. The van der Waals surface area contributed by atoms with Gasteiger partial charge < -0.3 is 5.32 Å². The van der Waals surface area contributed by atoms with Gasteiger partial charge in [0.1, 0.15) is 0 Å². The number of benzene rings is 1. The first-order valence-corrected chi connectivity index (χ1v) is 9.39. The van der Waals surface area contributed by atoms with Crippen molar-refractivity contribution < 1.29 is 13.2 Å². The van der Waals surface area contributed by atoms with Crippen LogP contribution in [-0.2, 0) is 21.4 Å². The van der Waals surface area contributed by atoms with E-state index in [1.807, 2.05) is 44.2 Å². The Bertz CT molecular complexity index is 538. The molecule has 22 heavy (non-hydrogen) atoms. The number of rotatable bonds is 10. The first kappa shape index (κ1) is 18.6. The quantitative estimate of drug-likeness (QED) is 0.716. The molecule has 5 nitrogen and oxygen atoms in total. The van der Waals surface area contributed by atoms with Crippen molar-refractivity contribution in [3.63, 3.8) is 0 Å². The molecule has 0 bridgehead atoms. The highest BCUT2D eigenvalue weighted by molar-refractivity contribution is 7.89. The van der Waals surface area contributed by atoms with Gasteiger partial charge in [0.05, 0.1) is 5.75 Å². The summed E-state index contributed by atoms with van der Waals surface area (Å²) in [4.78, 5) is 11.8. The molecule has 0 aliphatic heterocycles. The molecule has 0 atom stereocenters. The molecule has 1 N–H and O–H groups in total. The summed E-state index contributed by atoms with van der Waals surface area (Å²) in [6.45, 7) is 5.35. The molecule has 0 saturated carbocycles. The van der Waals surface area contributed by atoms with Gasteiger partial charge in [-0.3, -0.25) is 4.79 Å². The summed E-state index contributed by atoms with van der Waals surface area (Å²) in [5.41, 5.74) is 0.997. The van der Waals surface area contributed by atoms with Crippen molar-refractivity contribution in [3.05, 3.63) is 35.9 Å². The van der Waals surface area contributed by atoms with Gasteiger partial charge in [-0.15, -0.1) is 0 Å². The van der Waals surface area contributed by atoms with Crippen LogP contribution in [0.3, 0.4) is 0 Å². The molecular formula is C16H26N2O3S. The number of hydrogen-bond acceptors (Lipinski definition) is 3. The molecule has 0 aliphatic carbocycles. The molecule has 0 radical (unpaired) electrons. The second-order valence-corrected chi connectivity index (χ2v) is 7.32. The van der Waals surface area contributed by atoms with Crippen molar-refractivity contribution in [1.82, 2.24) is 9.62 Å². The van der Waals surface area contributed by atoms with E-state index < -0.39 is 10.0 Å². The molecular weight excluding hydrogens is 300 g/mol. The molecule has 124 valence electrons. The average molecular weight is 326 g/mol. The largest absolute Gasteiger partial charge is 0.352 e. The monoisotopic (exact) mass is 326 g/mol. The number of hydrogen-bond donors (Lipinski definition) is 1. The Kier molecular flexibility index (Phi) is 8.12. The molecule has 0 spiro atoms. The molecule has 0 fully saturated rings. The second kappa shape index (κ2) is 9.58. The zero-order chi connectivity index (χ0) is 16.4. The van der Waals surface area contributed by atoms with Crippen LogP contribution >= 0.6 is 0 Å². The number of carbonyl (C=O) groups excluding carboxylic acids is 1. The van der Waals surface area contributed by atoms with E-state index in [-0.39, 0.29) is 18.1 Å². The SMILES string of the molecule is CCCN(CCC)S(=O)(=O)CCC(=O)NCc1ccccc1. The van der Waals surface area contributed by atoms with Crippen LogP contribution in [0.5, 0.6) is 0 Å². The van der Waals surface area contributed by atoms with Crippen molar-refractivity contribution in [2.24, 2.45) is 0 Å². The van der Waals surface area contributed by atoms with Gasteiger partial charge in [-0.25, -0.2) is 12.7 Å². The third kappa shape index (κ3) is 6.58. The fourth-order valence-electron chi connectivity index (χ4n) is 2.12. The molecule has 0 heterocycles. The Morgan fingerprint density at radius 2 is 1.68 bits per heavy atom. The van der Waals surface area contributed by atoms with E-state index in [0.717, 1.165) is 18.4 Å². The fraction of sp³-hybridized carbons (Fsp3) is 0.562. The van der Waals surface area contributed by atoms with E-state index >= 15 is 0 Å². The fourth-order valence-corrected chi connectivity index (χ4v) is 3.75. The van der Waals surface area contributed by atoms with E-state index in [0.29, 0.717) is 19.6 Å². The van der Waals surface area contributed by atoms with Crippen LogP contribution in [0.1, 0.15) is 38.7 Å². The molecule has 0 aromatic heterocycles. The minimum absolute atomic E-state index is 0.000897. The van der Waals surface area contributed by atoms with Gasteiger partial charge in [-0.1, -0.05) is 44.2 Å². The molecule has 0 aliphatic rings. The number of nitrogens with one attached hydrogen (secondary N) is 1. The predicted molar refractivity (Wildman–Crippen MR) is 88.8 cm³/mol. The highest BCUT2D eigenvalue weighted by Gasteiger charge is 2.21. The van der Waals surface area contributed by atoms with Crippen molar-refractivity contribution in [3.8, 4) is 0 Å². The Balaban J connectivity index is 2.44. The van der Waals surface area contributed by atoms with Gasteiger partial charge in [0, 0.05) is 26.1 Å². The molecule has 6 heteroatoms. The molecule has 1 amide bonds. The van der Waals surface area contributed by atoms with Crippen LogP contribution in [0.2, 0.25) is 0 Å². The van der Waals surface area contributed by atoms with E-state index in [2.05, 4.69) is 5.32 Å². The lowest BCUT2D eigenvalue weighted by molar-refractivity contribution is -0.120. The van der Waals surface area contributed by atoms with Gasteiger partial charge in [0.2, 0.25) is 15.9 Å². The lowest BCUT2D eigenvalue weighted by Crippen LogP contribution is -2.36. The van der Waals surface area contributed by atoms with Gasteiger partial charge in [0.15, 0.2) is 0 Å². The van der Waals surface area contributed by atoms with Crippen LogP contribution < -0.4 is 5.32 Å². The lowest BCUT2D eigenvalue weighted by atomic mass is 10.2. The third-order valence-electron chi connectivity index (χ3n) is 3.26. The number of sulfonamides is 1. The first-order chi connectivity index (χ1) is 10.5. The van der Waals surface area contributed by atoms with Gasteiger partial charge >= 0.3 is 0 Å². The summed E-state index contributed by atoms with van der Waals surface area (Å²) in [5, 5.41) is 2.75. The lowest BCUT2D eigenvalue weighted by Gasteiger charge is -2.20. The van der Waals surface area contributed by atoms with E-state index in [4.69, 9.17) is 0 Å². The highest BCUT2D eigenvalue weighted by atomic mass is 32.2. The van der Waals surface area contributed by atoms with E-state index in [1.165, 1.54) is 4.31 Å². The molecule has 0 unspecified atom stereocenters. The number of nitrogens with zero attached hydrogens (tertiary/aromatic N) is 1. The summed E-state index contributed by atoms with van der Waals surface area (Å²) in [5.74, 6) is -0.367.